The molecule has 1 aromatic carbocycles. The van der Waals surface area contributed by atoms with Crippen molar-refractivity contribution in [3.8, 4) is 5.75 Å². The SMILES string of the molecule is CCOC(=O)CC(O)C(O)c1ccc(O)c([N+](=O)[O-])c1. The van der Waals surface area contributed by atoms with Crippen LogP contribution in [0.5, 0.6) is 5.75 Å². The normalized spacial score (nSPS) is 13.6. The summed E-state index contributed by atoms with van der Waals surface area (Å²) in [7, 11) is 0. The molecule has 0 radical (unpaired) electrons. The van der Waals surface area contributed by atoms with E-state index < -0.39 is 41.0 Å². The standard InChI is InChI=1S/C12H15NO7/c1-2-20-11(16)6-10(15)12(17)7-3-4-9(14)8(5-7)13(18)19/h3-5,10,12,14-15,17H,2,6H2,1H3. The summed E-state index contributed by atoms with van der Waals surface area (Å²) in [6.07, 6.45) is -3.40. The Morgan fingerprint density at radius 2 is 2.10 bits per heavy atom. The predicted molar refractivity (Wildman–Crippen MR) is 67.0 cm³/mol. The lowest BCUT2D eigenvalue weighted by Crippen LogP contribution is -2.23. The summed E-state index contributed by atoms with van der Waals surface area (Å²) in [6, 6.07) is 3.20. The highest BCUT2D eigenvalue weighted by Crippen LogP contribution is 2.30. The molecule has 1 aromatic rings. The first kappa shape index (κ1) is 15.9. The van der Waals surface area contributed by atoms with E-state index in [0.717, 1.165) is 12.1 Å². The minimum Gasteiger partial charge on any atom is -0.502 e. The lowest BCUT2D eigenvalue weighted by atomic mass is 10.0. The Bertz CT molecular complexity index is 503. The van der Waals surface area contributed by atoms with Gasteiger partial charge >= 0.3 is 11.7 Å². The average Bonchev–Trinajstić information content (AvgIpc) is 2.38. The van der Waals surface area contributed by atoms with E-state index in [0.29, 0.717) is 0 Å². The van der Waals surface area contributed by atoms with Gasteiger partial charge in [-0.15, -0.1) is 0 Å². The number of phenolic OH excluding ortho intramolecular Hbond substituents is 1. The van der Waals surface area contributed by atoms with Crippen molar-refractivity contribution in [2.24, 2.45) is 0 Å². The summed E-state index contributed by atoms with van der Waals surface area (Å²) in [4.78, 5) is 21.0. The van der Waals surface area contributed by atoms with E-state index in [9.17, 15) is 30.2 Å². The maximum absolute atomic E-state index is 11.2. The average molecular weight is 285 g/mol. The van der Waals surface area contributed by atoms with Crippen molar-refractivity contribution >= 4 is 11.7 Å². The number of carbonyl (C=O) groups is 1. The molecule has 0 bridgehead atoms. The van der Waals surface area contributed by atoms with Crippen LogP contribution in [0.4, 0.5) is 5.69 Å². The van der Waals surface area contributed by atoms with Gasteiger partial charge in [0.05, 0.1) is 24.1 Å². The number of aliphatic hydroxyl groups excluding tert-OH is 2. The molecule has 0 heterocycles. The number of esters is 1. The first-order valence-electron chi connectivity index (χ1n) is 5.85. The number of benzene rings is 1. The molecular formula is C12H15NO7. The molecule has 0 aliphatic heterocycles. The molecule has 8 nitrogen and oxygen atoms in total. The minimum absolute atomic E-state index is 0.0197. The smallest absolute Gasteiger partial charge is 0.311 e. The zero-order chi connectivity index (χ0) is 15.3. The van der Waals surface area contributed by atoms with Crippen LogP contribution in [0.25, 0.3) is 0 Å². The van der Waals surface area contributed by atoms with Crippen molar-refractivity contribution in [3.63, 3.8) is 0 Å². The Balaban J connectivity index is 2.86. The fourth-order valence-electron chi connectivity index (χ4n) is 1.60. The highest BCUT2D eigenvalue weighted by Gasteiger charge is 2.24. The van der Waals surface area contributed by atoms with Gasteiger partial charge in [-0.1, -0.05) is 6.07 Å². The number of carbonyl (C=O) groups excluding carboxylic acids is 1. The van der Waals surface area contributed by atoms with Crippen LogP contribution in [0.3, 0.4) is 0 Å². The summed E-state index contributed by atoms with van der Waals surface area (Å²) >= 11 is 0. The van der Waals surface area contributed by atoms with Crippen molar-refractivity contribution in [3.05, 3.63) is 33.9 Å². The Hall–Kier alpha value is -2.19. The van der Waals surface area contributed by atoms with Crippen LogP contribution < -0.4 is 0 Å². The number of nitro groups is 1. The van der Waals surface area contributed by atoms with Gasteiger partial charge in [0.15, 0.2) is 5.75 Å². The Morgan fingerprint density at radius 1 is 1.45 bits per heavy atom. The second kappa shape index (κ2) is 6.83. The molecule has 0 amide bonds. The van der Waals surface area contributed by atoms with Crippen molar-refractivity contribution in [2.45, 2.75) is 25.6 Å². The van der Waals surface area contributed by atoms with Gasteiger partial charge in [0, 0.05) is 6.07 Å². The molecule has 0 fully saturated rings. The number of aromatic hydroxyl groups is 1. The number of rotatable bonds is 6. The lowest BCUT2D eigenvalue weighted by molar-refractivity contribution is -0.386. The van der Waals surface area contributed by atoms with Crippen LogP contribution in [0.15, 0.2) is 18.2 Å². The minimum atomic E-state index is -1.50. The molecular weight excluding hydrogens is 270 g/mol. The van der Waals surface area contributed by atoms with Crippen LogP contribution in [0.2, 0.25) is 0 Å². The fraction of sp³-hybridized carbons (Fsp3) is 0.417. The van der Waals surface area contributed by atoms with Crippen molar-refractivity contribution in [2.75, 3.05) is 6.61 Å². The van der Waals surface area contributed by atoms with Crippen molar-refractivity contribution < 1.29 is 29.8 Å². The molecule has 0 aromatic heterocycles. The molecule has 3 N–H and O–H groups in total. The summed E-state index contributed by atoms with van der Waals surface area (Å²) < 4.78 is 4.62. The molecule has 0 saturated carbocycles. The predicted octanol–water partition coefficient (Wildman–Crippen LogP) is 0.648. The number of nitro benzene ring substituents is 1. The van der Waals surface area contributed by atoms with Crippen LogP contribution in [0, 0.1) is 10.1 Å². The Morgan fingerprint density at radius 3 is 2.65 bits per heavy atom. The summed E-state index contributed by atoms with van der Waals surface area (Å²) in [6.45, 7) is 1.75. The van der Waals surface area contributed by atoms with E-state index in [2.05, 4.69) is 4.74 Å². The summed E-state index contributed by atoms with van der Waals surface area (Å²) in [5.74, 6) is -1.24. The zero-order valence-corrected chi connectivity index (χ0v) is 10.7. The van der Waals surface area contributed by atoms with Crippen molar-refractivity contribution in [1.82, 2.24) is 0 Å². The van der Waals surface area contributed by atoms with Gasteiger partial charge in [-0.25, -0.2) is 0 Å². The van der Waals surface area contributed by atoms with E-state index in [1.165, 1.54) is 6.07 Å². The van der Waals surface area contributed by atoms with Gasteiger partial charge in [0.1, 0.15) is 6.10 Å². The first-order valence-corrected chi connectivity index (χ1v) is 5.85. The maximum Gasteiger partial charge on any atom is 0.311 e. The van der Waals surface area contributed by atoms with Crippen LogP contribution in [-0.4, -0.2) is 38.9 Å². The van der Waals surface area contributed by atoms with Gasteiger partial charge in [-0.3, -0.25) is 14.9 Å². The first-order chi connectivity index (χ1) is 9.36. The van der Waals surface area contributed by atoms with Gasteiger partial charge in [0.25, 0.3) is 0 Å². The number of hydrogen-bond donors (Lipinski definition) is 3. The largest absolute Gasteiger partial charge is 0.502 e. The molecule has 0 aliphatic carbocycles. The second-order valence-corrected chi connectivity index (χ2v) is 4.03. The Labute approximate surface area is 114 Å². The maximum atomic E-state index is 11.2. The third kappa shape index (κ3) is 3.90. The number of ether oxygens (including phenoxy) is 1. The summed E-state index contributed by atoms with van der Waals surface area (Å²) in [5, 5.41) is 39.5. The molecule has 0 saturated heterocycles. The van der Waals surface area contributed by atoms with Crippen LogP contribution >= 0.6 is 0 Å². The number of hydrogen-bond acceptors (Lipinski definition) is 7. The molecule has 20 heavy (non-hydrogen) atoms. The lowest BCUT2D eigenvalue weighted by Gasteiger charge is -2.17. The zero-order valence-electron chi connectivity index (χ0n) is 10.7. The highest BCUT2D eigenvalue weighted by atomic mass is 16.6. The molecule has 0 spiro atoms. The number of phenols is 1. The van der Waals surface area contributed by atoms with Crippen LogP contribution in [-0.2, 0) is 9.53 Å². The second-order valence-electron chi connectivity index (χ2n) is 4.03. The van der Waals surface area contributed by atoms with Crippen molar-refractivity contribution in [1.29, 1.82) is 0 Å². The monoisotopic (exact) mass is 285 g/mol. The fourth-order valence-corrected chi connectivity index (χ4v) is 1.60. The van der Waals surface area contributed by atoms with Gasteiger partial charge in [0.2, 0.25) is 0 Å². The highest BCUT2D eigenvalue weighted by molar-refractivity contribution is 5.70. The van der Waals surface area contributed by atoms with Crippen LogP contribution in [0.1, 0.15) is 25.0 Å². The third-order valence-corrected chi connectivity index (χ3v) is 2.58. The quantitative estimate of drug-likeness (QED) is 0.397. The summed E-state index contributed by atoms with van der Waals surface area (Å²) in [5.41, 5.74) is -0.573. The van der Waals surface area contributed by atoms with E-state index in [1.54, 1.807) is 6.92 Å². The van der Waals surface area contributed by atoms with E-state index >= 15 is 0 Å². The van der Waals surface area contributed by atoms with Gasteiger partial charge in [-0.2, -0.15) is 0 Å². The topological polar surface area (TPSA) is 130 Å². The molecule has 110 valence electrons. The Kier molecular flexibility index (Phi) is 5.42. The van der Waals surface area contributed by atoms with Gasteiger partial charge < -0.3 is 20.1 Å². The number of aliphatic hydroxyl groups is 2. The van der Waals surface area contributed by atoms with Gasteiger partial charge in [-0.05, 0) is 18.6 Å². The molecule has 8 heteroatoms. The third-order valence-electron chi connectivity index (χ3n) is 2.58. The molecule has 0 aliphatic rings. The molecule has 2 unspecified atom stereocenters. The molecule has 1 rings (SSSR count). The van der Waals surface area contributed by atoms with E-state index in [-0.39, 0.29) is 12.2 Å². The van der Waals surface area contributed by atoms with E-state index in [4.69, 9.17) is 0 Å². The number of nitrogens with zero attached hydrogens (tertiary/aromatic N) is 1. The van der Waals surface area contributed by atoms with E-state index in [1.807, 2.05) is 0 Å². The molecule has 2 atom stereocenters.